The first kappa shape index (κ1) is 26.1. The third kappa shape index (κ3) is 4.05. The Balaban J connectivity index is 1.82. The zero-order chi connectivity index (χ0) is 25.0. The number of hydrogen-bond donors (Lipinski definition) is 0. The second-order valence-corrected chi connectivity index (χ2v) is 11.6. The topological polar surface area (TPSA) is 42.2 Å². The van der Waals surface area contributed by atoms with Crippen molar-refractivity contribution in [1.82, 2.24) is 0 Å². The quantitative estimate of drug-likeness (QED) is 0.342. The molecular formula is C25H35F6NO2. The Bertz CT molecular complexity index is 754. The lowest BCUT2D eigenvalue weighted by Gasteiger charge is -2.68. The maximum absolute atomic E-state index is 14.9. The highest BCUT2D eigenvalue weighted by atomic mass is 19.4. The van der Waals surface area contributed by atoms with E-state index in [1.54, 1.807) is 6.92 Å². The van der Waals surface area contributed by atoms with E-state index >= 15 is 0 Å². The number of nitriles is 1. The summed E-state index contributed by atoms with van der Waals surface area (Å²) in [6.07, 6.45) is -8.96. The van der Waals surface area contributed by atoms with Gasteiger partial charge in [-0.05, 0) is 94.3 Å². The van der Waals surface area contributed by atoms with Gasteiger partial charge in [0.25, 0.3) is 5.60 Å². The minimum Gasteiger partial charge on any atom is -0.353 e. The monoisotopic (exact) mass is 495 g/mol. The maximum Gasteiger partial charge on any atom is 0.427 e. The van der Waals surface area contributed by atoms with Gasteiger partial charge in [-0.15, -0.1) is 0 Å². The lowest BCUT2D eigenvalue weighted by molar-refractivity contribution is -0.457. The molecule has 5 fully saturated rings. The van der Waals surface area contributed by atoms with Gasteiger partial charge in [0.2, 0.25) is 0 Å². The van der Waals surface area contributed by atoms with E-state index in [4.69, 9.17) is 9.47 Å². The van der Waals surface area contributed by atoms with E-state index in [1.165, 1.54) is 0 Å². The van der Waals surface area contributed by atoms with Gasteiger partial charge in [0.1, 0.15) is 0 Å². The molecule has 0 spiro atoms. The van der Waals surface area contributed by atoms with Gasteiger partial charge in [-0.3, -0.25) is 0 Å². The van der Waals surface area contributed by atoms with Crippen molar-refractivity contribution in [1.29, 1.82) is 5.26 Å². The molecule has 9 heteroatoms. The Morgan fingerprint density at radius 2 is 1.65 bits per heavy atom. The maximum atomic E-state index is 14.9. The van der Waals surface area contributed by atoms with Gasteiger partial charge in [0.05, 0.1) is 6.07 Å². The van der Waals surface area contributed by atoms with E-state index in [-0.39, 0.29) is 56.0 Å². The van der Waals surface area contributed by atoms with Crippen LogP contribution < -0.4 is 0 Å². The largest absolute Gasteiger partial charge is 0.427 e. The van der Waals surface area contributed by atoms with E-state index in [1.807, 2.05) is 6.92 Å². The van der Waals surface area contributed by atoms with E-state index in [9.17, 15) is 31.6 Å². The molecule has 3 nitrogen and oxygen atoms in total. The number of alkyl halides is 6. The van der Waals surface area contributed by atoms with Gasteiger partial charge in [0.15, 0.2) is 6.29 Å². The molecule has 4 saturated carbocycles. The van der Waals surface area contributed by atoms with Crippen LogP contribution >= 0.6 is 0 Å². The molecule has 5 rings (SSSR count). The third-order valence-corrected chi connectivity index (χ3v) is 9.31. The summed E-state index contributed by atoms with van der Waals surface area (Å²) in [6.45, 7) is 3.81. The van der Waals surface area contributed by atoms with Gasteiger partial charge >= 0.3 is 12.4 Å². The Hall–Kier alpha value is -1.01. The average molecular weight is 496 g/mol. The Morgan fingerprint density at radius 1 is 1.03 bits per heavy atom. The number of halogens is 6. The van der Waals surface area contributed by atoms with Gasteiger partial charge in [0, 0.05) is 17.9 Å². The summed E-state index contributed by atoms with van der Waals surface area (Å²) in [5.74, 6) is -0.756. The predicted octanol–water partition coefficient (Wildman–Crippen LogP) is 7.56. The summed E-state index contributed by atoms with van der Waals surface area (Å²) in [5, 5.41) is 9.36. The first-order chi connectivity index (χ1) is 15.8. The smallest absolute Gasteiger partial charge is 0.353 e. The minimum atomic E-state index is -5.62. The van der Waals surface area contributed by atoms with Gasteiger partial charge in [-0.25, -0.2) is 0 Å². The van der Waals surface area contributed by atoms with E-state index < -0.39 is 35.1 Å². The number of nitrogens with zero attached hydrogens (tertiary/aromatic N) is 1. The van der Waals surface area contributed by atoms with Crippen LogP contribution in [0.1, 0.15) is 84.5 Å². The molecule has 4 bridgehead atoms. The second-order valence-electron chi connectivity index (χ2n) is 11.6. The molecule has 0 N–H and O–H groups in total. The average Bonchev–Trinajstić information content (AvgIpc) is 2.73. The van der Waals surface area contributed by atoms with Crippen molar-refractivity contribution in [2.45, 2.75) is 109 Å². The van der Waals surface area contributed by atoms with Crippen LogP contribution in [0, 0.1) is 45.8 Å². The van der Waals surface area contributed by atoms with Crippen LogP contribution in [-0.2, 0) is 9.47 Å². The van der Waals surface area contributed by atoms with Crippen molar-refractivity contribution in [3.8, 4) is 6.07 Å². The highest BCUT2D eigenvalue weighted by Crippen LogP contribution is 2.75. The van der Waals surface area contributed by atoms with Crippen LogP contribution in [0.5, 0.6) is 0 Å². The van der Waals surface area contributed by atoms with Crippen molar-refractivity contribution < 1.29 is 35.8 Å². The van der Waals surface area contributed by atoms with E-state index in [0.29, 0.717) is 44.9 Å². The zero-order valence-corrected chi connectivity index (χ0v) is 19.9. The molecule has 34 heavy (non-hydrogen) atoms. The number of hydrogen-bond acceptors (Lipinski definition) is 3. The fourth-order valence-corrected chi connectivity index (χ4v) is 8.57. The summed E-state index contributed by atoms with van der Waals surface area (Å²) in [4.78, 5) is 0. The Labute approximate surface area is 197 Å². The molecule has 194 valence electrons. The lowest BCUT2D eigenvalue weighted by Crippen LogP contribution is -2.74. The van der Waals surface area contributed by atoms with Gasteiger partial charge < -0.3 is 9.47 Å². The molecule has 1 heterocycles. The van der Waals surface area contributed by atoms with Crippen LogP contribution in [0.3, 0.4) is 0 Å². The summed E-state index contributed by atoms with van der Waals surface area (Å²) in [7, 11) is 0. The SMILES string of the molecule is CCC(CC(C)C#N)C12CC3CC(C1)CC(C(OC1CCCCO1)(C(F)(F)F)C(F)(F)F)(C3)C2. The fraction of sp³-hybridized carbons (Fsp3) is 0.960. The first-order valence-corrected chi connectivity index (χ1v) is 12.6. The van der Waals surface area contributed by atoms with Crippen molar-refractivity contribution >= 4 is 0 Å². The molecule has 0 aromatic rings. The fourth-order valence-electron chi connectivity index (χ4n) is 8.57. The molecule has 0 aromatic heterocycles. The molecule has 1 saturated heterocycles. The number of rotatable bonds is 7. The predicted molar refractivity (Wildman–Crippen MR) is 112 cm³/mol. The normalized spacial score (nSPS) is 37.9. The van der Waals surface area contributed by atoms with Gasteiger partial charge in [-0.2, -0.15) is 31.6 Å². The highest BCUT2D eigenvalue weighted by molar-refractivity contribution is 5.20. The molecule has 5 unspecified atom stereocenters. The molecule has 5 atom stereocenters. The molecule has 4 aliphatic carbocycles. The summed E-state index contributed by atoms with van der Waals surface area (Å²) < 4.78 is 99.7. The van der Waals surface area contributed by atoms with E-state index in [2.05, 4.69) is 6.07 Å². The summed E-state index contributed by atoms with van der Waals surface area (Å²) >= 11 is 0. The van der Waals surface area contributed by atoms with Crippen LogP contribution in [0.2, 0.25) is 0 Å². The summed E-state index contributed by atoms with van der Waals surface area (Å²) in [5.41, 5.74) is -6.95. The van der Waals surface area contributed by atoms with Crippen molar-refractivity contribution in [2.24, 2.45) is 34.5 Å². The number of ether oxygens (including phenoxy) is 2. The molecule has 1 aliphatic heterocycles. The van der Waals surface area contributed by atoms with Crippen molar-refractivity contribution in [3.63, 3.8) is 0 Å². The van der Waals surface area contributed by atoms with Gasteiger partial charge in [-0.1, -0.05) is 13.3 Å². The minimum absolute atomic E-state index is 0.0270. The van der Waals surface area contributed by atoms with Crippen LogP contribution in [0.25, 0.3) is 0 Å². The zero-order valence-electron chi connectivity index (χ0n) is 19.9. The second kappa shape index (κ2) is 8.83. The molecule has 0 aromatic carbocycles. The van der Waals surface area contributed by atoms with Crippen LogP contribution in [0.4, 0.5) is 26.3 Å². The Morgan fingerprint density at radius 3 is 2.12 bits per heavy atom. The van der Waals surface area contributed by atoms with Crippen LogP contribution in [0.15, 0.2) is 0 Å². The summed E-state index contributed by atoms with van der Waals surface area (Å²) in [6, 6.07) is 2.20. The lowest BCUT2D eigenvalue weighted by atomic mass is 9.38. The third-order valence-electron chi connectivity index (χ3n) is 9.31. The van der Waals surface area contributed by atoms with E-state index in [0.717, 1.165) is 0 Å². The molecule has 0 amide bonds. The van der Waals surface area contributed by atoms with Crippen molar-refractivity contribution in [2.75, 3.05) is 6.61 Å². The highest BCUT2D eigenvalue weighted by Gasteiger charge is 2.84. The molecular weight excluding hydrogens is 460 g/mol. The Kier molecular flexibility index (Phi) is 6.77. The molecule has 0 radical (unpaired) electrons. The molecule has 5 aliphatic rings. The van der Waals surface area contributed by atoms with Crippen LogP contribution in [-0.4, -0.2) is 30.9 Å². The standard InChI is InChI=1S/C25H35F6NO2/c1-3-19(8-16(2)14-32)21-10-17-9-18(11-21)13-22(12-17,15-21)23(24(26,27)28,25(29,30)31)34-20-6-4-5-7-33-20/h16-20H,3-13,15H2,1-2H3. The first-order valence-electron chi connectivity index (χ1n) is 12.6. The van der Waals surface area contributed by atoms with Crippen molar-refractivity contribution in [3.05, 3.63) is 0 Å².